The van der Waals surface area contributed by atoms with Crippen LogP contribution in [-0.2, 0) is 4.74 Å². The van der Waals surface area contributed by atoms with Crippen molar-refractivity contribution in [2.24, 2.45) is 0 Å². The number of ether oxygens (including phenoxy) is 1. The van der Waals surface area contributed by atoms with Gasteiger partial charge in [-0.25, -0.2) is 0 Å². The summed E-state index contributed by atoms with van der Waals surface area (Å²) in [5, 5.41) is 7.74. The highest BCUT2D eigenvalue weighted by molar-refractivity contribution is 4.86. The van der Waals surface area contributed by atoms with Gasteiger partial charge < -0.3 is 9.30 Å². The van der Waals surface area contributed by atoms with Crippen molar-refractivity contribution in [2.45, 2.75) is 19.4 Å². The molecule has 2 rings (SSSR count). The number of hydrogen-bond acceptors (Lipinski definition) is 3. The predicted molar refractivity (Wildman–Crippen MR) is 39.2 cm³/mol. The number of aryl methyl sites for hydroxylation is 1. The van der Waals surface area contributed by atoms with Crippen molar-refractivity contribution < 1.29 is 4.74 Å². The van der Waals surface area contributed by atoms with E-state index in [-0.39, 0.29) is 0 Å². The topological polar surface area (TPSA) is 39.9 Å². The first-order chi connectivity index (χ1) is 5.38. The Kier molecular flexibility index (Phi) is 1.62. The normalized spacial score (nSPS) is 24.3. The van der Waals surface area contributed by atoms with Crippen LogP contribution >= 0.6 is 0 Å². The van der Waals surface area contributed by atoms with Crippen molar-refractivity contribution in [3.05, 3.63) is 12.2 Å². The second kappa shape index (κ2) is 2.62. The van der Waals surface area contributed by atoms with E-state index in [0.29, 0.717) is 6.04 Å². The lowest BCUT2D eigenvalue weighted by molar-refractivity contribution is 0.186. The molecule has 0 saturated carbocycles. The van der Waals surface area contributed by atoms with E-state index in [4.69, 9.17) is 4.74 Å². The number of hydrogen-bond donors (Lipinski definition) is 0. The van der Waals surface area contributed by atoms with Gasteiger partial charge in [0.1, 0.15) is 12.2 Å². The fraction of sp³-hybridized carbons (Fsp3) is 0.714. The summed E-state index contributed by atoms with van der Waals surface area (Å²) in [6.07, 6.45) is 2.85. The molecule has 1 aromatic rings. The summed E-state index contributed by atoms with van der Waals surface area (Å²) in [5.41, 5.74) is 0. The van der Waals surface area contributed by atoms with Gasteiger partial charge in [0.25, 0.3) is 0 Å². The monoisotopic (exact) mass is 153 g/mol. The first-order valence-corrected chi connectivity index (χ1v) is 3.82. The second-order valence-electron chi connectivity index (χ2n) is 2.80. The highest BCUT2D eigenvalue weighted by atomic mass is 16.5. The average molecular weight is 153 g/mol. The van der Waals surface area contributed by atoms with Gasteiger partial charge in [0.2, 0.25) is 0 Å². The van der Waals surface area contributed by atoms with Crippen LogP contribution in [0, 0.1) is 6.92 Å². The Labute approximate surface area is 65.2 Å². The molecule has 0 N–H and O–H groups in total. The fourth-order valence-electron chi connectivity index (χ4n) is 1.40. The van der Waals surface area contributed by atoms with Gasteiger partial charge in [0.05, 0.1) is 12.6 Å². The summed E-state index contributed by atoms with van der Waals surface area (Å²) >= 11 is 0. The van der Waals surface area contributed by atoms with Crippen LogP contribution < -0.4 is 0 Å². The van der Waals surface area contributed by atoms with Crippen molar-refractivity contribution in [1.82, 2.24) is 14.8 Å². The van der Waals surface area contributed by atoms with E-state index in [1.54, 1.807) is 6.33 Å². The minimum atomic E-state index is 0.463. The molecule has 2 heterocycles. The molecule has 0 amide bonds. The summed E-state index contributed by atoms with van der Waals surface area (Å²) in [4.78, 5) is 0. The minimum Gasteiger partial charge on any atom is -0.379 e. The SMILES string of the molecule is Cc1nncn1C1CCOC1. The van der Waals surface area contributed by atoms with Crippen LogP contribution in [0.2, 0.25) is 0 Å². The first kappa shape index (κ1) is 6.79. The Hall–Kier alpha value is -0.900. The smallest absolute Gasteiger partial charge is 0.129 e. The Morgan fingerprint density at radius 1 is 1.73 bits per heavy atom. The van der Waals surface area contributed by atoms with Crippen LogP contribution in [0.3, 0.4) is 0 Å². The Balaban J connectivity index is 2.21. The summed E-state index contributed by atoms with van der Waals surface area (Å²) in [7, 11) is 0. The van der Waals surface area contributed by atoms with Crippen LogP contribution in [0.1, 0.15) is 18.3 Å². The average Bonchev–Trinajstić information content (AvgIpc) is 2.55. The van der Waals surface area contributed by atoms with Crippen LogP contribution in [0.25, 0.3) is 0 Å². The van der Waals surface area contributed by atoms with Crippen molar-refractivity contribution in [3.63, 3.8) is 0 Å². The number of nitrogens with zero attached hydrogens (tertiary/aromatic N) is 3. The second-order valence-corrected chi connectivity index (χ2v) is 2.80. The number of aromatic nitrogens is 3. The largest absolute Gasteiger partial charge is 0.379 e. The first-order valence-electron chi connectivity index (χ1n) is 3.82. The van der Waals surface area contributed by atoms with Crippen molar-refractivity contribution in [3.8, 4) is 0 Å². The zero-order valence-corrected chi connectivity index (χ0v) is 6.53. The van der Waals surface area contributed by atoms with Gasteiger partial charge >= 0.3 is 0 Å². The highest BCUT2D eigenvalue weighted by Gasteiger charge is 2.18. The molecule has 4 nitrogen and oxygen atoms in total. The summed E-state index contributed by atoms with van der Waals surface area (Å²) in [6.45, 7) is 3.63. The quantitative estimate of drug-likeness (QED) is 0.591. The summed E-state index contributed by atoms with van der Waals surface area (Å²) in [5.74, 6) is 0.973. The van der Waals surface area contributed by atoms with Crippen LogP contribution in [-0.4, -0.2) is 28.0 Å². The number of rotatable bonds is 1. The van der Waals surface area contributed by atoms with Gasteiger partial charge in [-0.15, -0.1) is 10.2 Å². The molecule has 0 radical (unpaired) electrons. The molecule has 11 heavy (non-hydrogen) atoms. The maximum absolute atomic E-state index is 5.26. The van der Waals surface area contributed by atoms with Crippen molar-refractivity contribution in [1.29, 1.82) is 0 Å². The Bertz CT molecular complexity index is 240. The Morgan fingerprint density at radius 2 is 2.64 bits per heavy atom. The molecule has 0 aromatic carbocycles. The molecule has 1 atom stereocenters. The van der Waals surface area contributed by atoms with Crippen molar-refractivity contribution >= 4 is 0 Å². The lowest BCUT2D eigenvalue weighted by atomic mass is 10.2. The van der Waals surface area contributed by atoms with E-state index in [1.807, 2.05) is 6.92 Å². The molecule has 4 heteroatoms. The van der Waals surface area contributed by atoms with Crippen LogP contribution in [0.4, 0.5) is 0 Å². The molecular weight excluding hydrogens is 142 g/mol. The van der Waals surface area contributed by atoms with Crippen molar-refractivity contribution in [2.75, 3.05) is 13.2 Å². The molecule has 1 aliphatic heterocycles. The van der Waals surface area contributed by atoms with E-state index in [1.165, 1.54) is 0 Å². The molecule has 60 valence electrons. The maximum atomic E-state index is 5.26. The predicted octanol–water partition coefficient (Wildman–Crippen LogP) is 0.548. The third-order valence-corrected chi connectivity index (χ3v) is 2.05. The third kappa shape index (κ3) is 1.14. The lowest BCUT2D eigenvalue weighted by Crippen LogP contribution is -2.08. The highest BCUT2D eigenvalue weighted by Crippen LogP contribution is 2.18. The minimum absolute atomic E-state index is 0.463. The summed E-state index contributed by atoms with van der Waals surface area (Å²) < 4.78 is 7.34. The molecule has 0 bridgehead atoms. The van der Waals surface area contributed by atoms with Gasteiger partial charge in [-0.3, -0.25) is 0 Å². The standard InChI is InChI=1S/C7H11N3O/c1-6-9-8-5-10(6)7-2-3-11-4-7/h5,7H,2-4H2,1H3. The van der Waals surface area contributed by atoms with Gasteiger partial charge in [-0.05, 0) is 13.3 Å². The molecule has 1 aromatic heterocycles. The third-order valence-electron chi connectivity index (χ3n) is 2.05. The van der Waals surface area contributed by atoms with E-state index in [9.17, 15) is 0 Å². The molecule has 0 spiro atoms. The Morgan fingerprint density at radius 3 is 3.18 bits per heavy atom. The molecule has 1 aliphatic rings. The fourth-order valence-corrected chi connectivity index (χ4v) is 1.40. The molecule has 1 fully saturated rings. The van der Waals surface area contributed by atoms with Crippen LogP contribution in [0.15, 0.2) is 6.33 Å². The van der Waals surface area contributed by atoms with E-state index in [0.717, 1.165) is 25.5 Å². The zero-order chi connectivity index (χ0) is 7.68. The molecule has 1 unspecified atom stereocenters. The van der Waals surface area contributed by atoms with Gasteiger partial charge in [-0.1, -0.05) is 0 Å². The zero-order valence-electron chi connectivity index (χ0n) is 6.53. The van der Waals surface area contributed by atoms with Gasteiger partial charge in [-0.2, -0.15) is 0 Å². The van der Waals surface area contributed by atoms with Crippen LogP contribution in [0.5, 0.6) is 0 Å². The van der Waals surface area contributed by atoms with E-state index in [2.05, 4.69) is 14.8 Å². The molecule has 1 saturated heterocycles. The van der Waals surface area contributed by atoms with Gasteiger partial charge in [0, 0.05) is 6.61 Å². The van der Waals surface area contributed by atoms with Gasteiger partial charge in [0.15, 0.2) is 0 Å². The molecule has 0 aliphatic carbocycles. The lowest BCUT2D eigenvalue weighted by Gasteiger charge is -2.08. The maximum Gasteiger partial charge on any atom is 0.129 e. The van der Waals surface area contributed by atoms with E-state index >= 15 is 0 Å². The summed E-state index contributed by atoms with van der Waals surface area (Å²) in [6, 6.07) is 0.463. The van der Waals surface area contributed by atoms with E-state index < -0.39 is 0 Å². The molecular formula is C7H11N3O.